The summed E-state index contributed by atoms with van der Waals surface area (Å²) in [6, 6.07) is 0. The summed E-state index contributed by atoms with van der Waals surface area (Å²) in [4.78, 5) is 38.3. The van der Waals surface area contributed by atoms with E-state index < -0.39 is 6.10 Å². The Labute approximate surface area is 441 Å². The van der Waals surface area contributed by atoms with Crippen molar-refractivity contribution in [3.8, 4) is 0 Å². The Morgan fingerprint density at radius 1 is 0.282 bits per heavy atom. The van der Waals surface area contributed by atoms with Gasteiger partial charge in [0.1, 0.15) is 13.2 Å². The first-order valence-corrected chi connectivity index (χ1v) is 31.1. The van der Waals surface area contributed by atoms with Crippen LogP contribution in [0, 0.1) is 0 Å². The number of hydrogen-bond acceptors (Lipinski definition) is 6. The molecular weight excluding hydrogens is 877 g/mol. The fourth-order valence-electron chi connectivity index (χ4n) is 9.09. The Hall–Kier alpha value is -2.63. The maximum absolute atomic E-state index is 12.9. The molecule has 71 heavy (non-hydrogen) atoms. The molecule has 0 aromatic rings. The molecule has 0 saturated carbocycles. The first kappa shape index (κ1) is 68.4. The van der Waals surface area contributed by atoms with Crippen molar-refractivity contribution in [1.82, 2.24) is 0 Å². The molecule has 414 valence electrons. The highest BCUT2D eigenvalue weighted by molar-refractivity contribution is 5.71. The number of carbonyl (C=O) groups is 3. The molecule has 0 radical (unpaired) electrons. The van der Waals surface area contributed by atoms with Gasteiger partial charge in [-0.05, 0) is 83.5 Å². The zero-order valence-electron chi connectivity index (χ0n) is 47.5. The summed E-state index contributed by atoms with van der Waals surface area (Å²) in [6.07, 6.45) is 73.9. The van der Waals surface area contributed by atoms with Crippen LogP contribution in [-0.2, 0) is 28.6 Å². The summed E-state index contributed by atoms with van der Waals surface area (Å²) in [6.45, 7) is 6.62. The van der Waals surface area contributed by atoms with Crippen molar-refractivity contribution in [2.45, 2.75) is 335 Å². The predicted octanol–water partition coefficient (Wildman–Crippen LogP) is 21.0. The molecule has 0 fully saturated rings. The summed E-state index contributed by atoms with van der Waals surface area (Å²) in [7, 11) is 0. The number of hydrogen-bond donors (Lipinski definition) is 0. The molecule has 0 spiro atoms. The van der Waals surface area contributed by atoms with Gasteiger partial charge in [-0.2, -0.15) is 0 Å². The molecule has 0 aliphatic rings. The van der Waals surface area contributed by atoms with E-state index in [1.54, 1.807) is 0 Å². The molecular formula is C65H118O6. The first-order valence-electron chi connectivity index (χ1n) is 31.1. The molecule has 6 nitrogen and oxygen atoms in total. The van der Waals surface area contributed by atoms with Gasteiger partial charge in [0.05, 0.1) is 0 Å². The lowest BCUT2D eigenvalue weighted by Crippen LogP contribution is -2.30. The van der Waals surface area contributed by atoms with E-state index in [2.05, 4.69) is 69.4 Å². The van der Waals surface area contributed by atoms with E-state index in [0.717, 1.165) is 96.3 Å². The van der Waals surface area contributed by atoms with Crippen molar-refractivity contribution in [3.05, 3.63) is 48.6 Å². The Kier molecular flexibility index (Phi) is 57.7. The van der Waals surface area contributed by atoms with Crippen LogP contribution in [-0.4, -0.2) is 37.2 Å². The minimum absolute atomic E-state index is 0.0781. The van der Waals surface area contributed by atoms with E-state index >= 15 is 0 Å². The molecule has 0 saturated heterocycles. The van der Waals surface area contributed by atoms with Gasteiger partial charge in [-0.1, -0.05) is 275 Å². The smallest absolute Gasteiger partial charge is 0.306 e. The molecule has 0 rings (SSSR count). The van der Waals surface area contributed by atoms with E-state index in [0.29, 0.717) is 19.3 Å². The van der Waals surface area contributed by atoms with E-state index in [-0.39, 0.29) is 31.1 Å². The molecule has 0 N–H and O–H groups in total. The Morgan fingerprint density at radius 3 is 0.803 bits per heavy atom. The average molecular weight is 996 g/mol. The third kappa shape index (κ3) is 58.1. The van der Waals surface area contributed by atoms with E-state index in [9.17, 15) is 14.4 Å². The van der Waals surface area contributed by atoms with Crippen molar-refractivity contribution in [2.75, 3.05) is 13.2 Å². The lowest BCUT2D eigenvalue weighted by Gasteiger charge is -2.18. The van der Waals surface area contributed by atoms with Gasteiger partial charge >= 0.3 is 17.9 Å². The molecule has 0 aliphatic heterocycles. The molecule has 1 atom stereocenters. The Morgan fingerprint density at radius 2 is 0.507 bits per heavy atom. The van der Waals surface area contributed by atoms with Crippen molar-refractivity contribution in [2.24, 2.45) is 0 Å². The maximum atomic E-state index is 12.9. The second-order valence-electron chi connectivity index (χ2n) is 21.0. The van der Waals surface area contributed by atoms with Crippen LogP contribution < -0.4 is 0 Å². The molecule has 0 unspecified atom stereocenters. The van der Waals surface area contributed by atoms with Gasteiger partial charge in [-0.25, -0.2) is 0 Å². The van der Waals surface area contributed by atoms with Crippen LogP contribution in [0.1, 0.15) is 329 Å². The SMILES string of the molecule is CCCCC/C=C\C/C=C\CCCCCCCCCC(=O)OC[C@H](COC(=O)CCCCCCCCCCCCCCCCCCCCCCC)OC(=O)CCCCCCC/C=C\C/C=C\CCCCC. The highest BCUT2D eigenvalue weighted by Gasteiger charge is 2.19. The predicted molar refractivity (Wildman–Crippen MR) is 307 cm³/mol. The third-order valence-electron chi connectivity index (χ3n) is 13.8. The van der Waals surface area contributed by atoms with Gasteiger partial charge < -0.3 is 14.2 Å². The number of allylic oxidation sites excluding steroid dienone is 8. The minimum Gasteiger partial charge on any atom is -0.462 e. The van der Waals surface area contributed by atoms with Crippen molar-refractivity contribution in [1.29, 1.82) is 0 Å². The number of carbonyl (C=O) groups excluding carboxylic acids is 3. The number of esters is 3. The molecule has 0 aromatic heterocycles. The van der Waals surface area contributed by atoms with Crippen molar-refractivity contribution >= 4 is 17.9 Å². The maximum Gasteiger partial charge on any atom is 0.306 e. The molecule has 0 bridgehead atoms. The standard InChI is InChI=1S/C65H118O6/c1-4-7-10-13-16-19-22-25-28-30-31-32-33-35-38-40-43-46-49-52-55-58-64(67)70-61-62(71-65(68)59-56-53-50-47-44-41-36-27-24-21-18-15-12-9-6-3)60-69-63(66)57-54-51-48-45-42-39-37-34-29-26-23-20-17-14-11-8-5-2/h17-18,20-21,26-27,29,36,62H,4-16,19,22-25,28,30-35,37-61H2,1-3H3/b20-17-,21-18-,29-26-,36-27-/t62-/m1/s1. The topological polar surface area (TPSA) is 78.9 Å². The van der Waals surface area contributed by atoms with Crippen LogP contribution in [0.15, 0.2) is 48.6 Å². The average Bonchev–Trinajstić information content (AvgIpc) is 3.37. The molecule has 0 aliphatic carbocycles. The lowest BCUT2D eigenvalue weighted by atomic mass is 10.0. The van der Waals surface area contributed by atoms with Gasteiger partial charge in [0.2, 0.25) is 0 Å². The summed E-state index contributed by atoms with van der Waals surface area (Å²) < 4.78 is 16.9. The van der Waals surface area contributed by atoms with Gasteiger partial charge in [0, 0.05) is 19.3 Å². The van der Waals surface area contributed by atoms with E-state index in [1.165, 1.54) is 193 Å². The first-order chi connectivity index (χ1) is 35.0. The van der Waals surface area contributed by atoms with Gasteiger partial charge in [-0.3, -0.25) is 14.4 Å². The fraction of sp³-hybridized carbons (Fsp3) is 0.831. The van der Waals surface area contributed by atoms with Crippen molar-refractivity contribution in [3.63, 3.8) is 0 Å². The normalized spacial score (nSPS) is 12.3. The monoisotopic (exact) mass is 995 g/mol. The van der Waals surface area contributed by atoms with Crippen LogP contribution in [0.25, 0.3) is 0 Å². The second-order valence-corrected chi connectivity index (χ2v) is 21.0. The molecule has 6 heteroatoms. The highest BCUT2D eigenvalue weighted by Crippen LogP contribution is 2.17. The van der Waals surface area contributed by atoms with Crippen LogP contribution in [0.4, 0.5) is 0 Å². The lowest BCUT2D eigenvalue weighted by molar-refractivity contribution is -0.167. The van der Waals surface area contributed by atoms with E-state index in [1.807, 2.05) is 0 Å². The summed E-state index contributed by atoms with van der Waals surface area (Å²) in [5.74, 6) is -0.881. The summed E-state index contributed by atoms with van der Waals surface area (Å²) >= 11 is 0. The number of ether oxygens (including phenoxy) is 3. The molecule has 0 aromatic carbocycles. The van der Waals surface area contributed by atoms with Crippen LogP contribution in [0.3, 0.4) is 0 Å². The molecule has 0 heterocycles. The summed E-state index contributed by atoms with van der Waals surface area (Å²) in [5, 5.41) is 0. The Balaban J connectivity index is 4.33. The fourth-order valence-corrected chi connectivity index (χ4v) is 9.09. The molecule has 0 amide bonds. The van der Waals surface area contributed by atoms with Crippen LogP contribution in [0.2, 0.25) is 0 Å². The van der Waals surface area contributed by atoms with Crippen LogP contribution in [0.5, 0.6) is 0 Å². The highest BCUT2D eigenvalue weighted by atomic mass is 16.6. The third-order valence-corrected chi connectivity index (χ3v) is 13.8. The van der Waals surface area contributed by atoms with Crippen LogP contribution >= 0.6 is 0 Å². The summed E-state index contributed by atoms with van der Waals surface area (Å²) in [5.41, 5.74) is 0. The Bertz CT molecular complexity index is 1230. The van der Waals surface area contributed by atoms with Crippen molar-refractivity contribution < 1.29 is 28.6 Å². The van der Waals surface area contributed by atoms with Gasteiger partial charge in [-0.15, -0.1) is 0 Å². The second kappa shape index (κ2) is 59.9. The zero-order valence-corrected chi connectivity index (χ0v) is 47.5. The number of unbranched alkanes of at least 4 members (excludes halogenated alkanes) is 38. The van der Waals surface area contributed by atoms with Gasteiger partial charge in [0.25, 0.3) is 0 Å². The van der Waals surface area contributed by atoms with Gasteiger partial charge in [0.15, 0.2) is 6.10 Å². The number of rotatable bonds is 57. The minimum atomic E-state index is -0.782. The zero-order chi connectivity index (χ0) is 51.4. The largest absolute Gasteiger partial charge is 0.462 e. The quantitative estimate of drug-likeness (QED) is 0.0261. The van der Waals surface area contributed by atoms with E-state index in [4.69, 9.17) is 14.2 Å².